The molecular formula is C34H55N7O3. The topological polar surface area (TPSA) is 109 Å². The Hall–Kier alpha value is -2.79. The Morgan fingerprint density at radius 3 is 2.43 bits per heavy atom. The van der Waals surface area contributed by atoms with Gasteiger partial charge in [0.25, 0.3) is 0 Å². The maximum absolute atomic E-state index is 7.57. The summed E-state index contributed by atoms with van der Waals surface area (Å²) in [5, 5.41) is 19.2. The highest BCUT2D eigenvalue weighted by atomic mass is 16.5. The van der Waals surface area contributed by atoms with Gasteiger partial charge in [0.05, 0.1) is 30.2 Å². The second-order valence-corrected chi connectivity index (χ2v) is 13.0. The first-order chi connectivity index (χ1) is 21.2. The largest absolute Gasteiger partial charge is 0.397 e. The molecule has 3 N–H and O–H groups in total. The lowest BCUT2D eigenvalue weighted by Crippen LogP contribution is -2.39. The van der Waals surface area contributed by atoms with E-state index >= 15 is 0 Å². The van der Waals surface area contributed by atoms with Gasteiger partial charge in [0.1, 0.15) is 17.2 Å². The lowest BCUT2D eigenvalue weighted by molar-refractivity contribution is -0.110. The summed E-state index contributed by atoms with van der Waals surface area (Å²) >= 11 is 0. The van der Waals surface area contributed by atoms with Crippen LogP contribution in [0.4, 0.5) is 11.6 Å². The number of aryl methyl sites for hydroxylation is 1. The van der Waals surface area contributed by atoms with Gasteiger partial charge in [-0.25, -0.2) is 4.98 Å². The Labute approximate surface area is 264 Å². The molecule has 0 unspecified atom stereocenters. The van der Waals surface area contributed by atoms with Gasteiger partial charge in [-0.05, 0) is 104 Å². The molecule has 3 aromatic rings. The van der Waals surface area contributed by atoms with Crippen molar-refractivity contribution < 1.29 is 14.6 Å². The highest BCUT2D eigenvalue weighted by Gasteiger charge is 2.28. The van der Waals surface area contributed by atoms with Crippen molar-refractivity contribution in [3.05, 3.63) is 47.4 Å². The van der Waals surface area contributed by atoms with E-state index in [1.54, 1.807) is 6.92 Å². The third kappa shape index (κ3) is 9.36. The summed E-state index contributed by atoms with van der Waals surface area (Å²) in [4.78, 5) is 12.2. The predicted molar refractivity (Wildman–Crippen MR) is 177 cm³/mol. The van der Waals surface area contributed by atoms with E-state index in [1.807, 2.05) is 16.9 Å². The highest BCUT2D eigenvalue weighted by Crippen LogP contribution is 2.28. The number of hydrogen-bond donors (Lipinski definition) is 3. The van der Waals surface area contributed by atoms with Crippen LogP contribution in [0.5, 0.6) is 0 Å². The number of anilines is 2. The fraction of sp³-hybridized carbons (Fsp3) is 0.676. The van der Waals surface area contributed by atoms with Gasteiger partial charge in [-0.1, -0.05) is 13.0 Å². The average molecular weight is 610 g/mol. The van der Waals surface area contributed by atoms with Gasteiger partial charge in [-0.15, -0.1) is 0 Å². The first-order valence-corrected chi connectivity index (χ1v) is 16.6. The molecule has 10 nitrogen and oxygen atoms in total. The first kappa shape index (κ1) is 34.1. The summed E-state index contributed by atoms with van der Waals surface area (Å²) in [7, 11) is 0. The molecule has 244 valence electrons. The van der Waals surface area contributed by atoms with Crippen molar-refractivity contribution in [1.82, 2.24) is 24.9 Å². The number of pyridine rings is 1. The molecule has 0 spiro atoms. The smallest absolute Gasteiger partial charge is 0.162 e. The van der Waals surface area contributed by atoms with Crippen molar-refractivity contribution in [2.45, 2.75) is 110 Å². The van der Waals surface area contributed by atoms with Crippen molar-refractivity contribution in [3.63, 3.8) is 0 Å². The maximum atomic E-state index is 7.57. The molecule has 0 bridgehead atoms. The van der Waals surface area contributed by atoms with Crippen molar-refractivity contribution >= 4 is 17.3 Å². The normalized spacial score (nSPS) is 16.6. The first-order valence-electron chi connectivity index (χ1n) is 16.6. The van der Waals surface area contributed by atoms with Crippen molar-refractivity contribution in [2.24, 2.45) is 0 Å². The van der Waals surface area contributed by atoms with Crippen LogP contribution in [0.1, 0.15) is 96.9 Å². The van der Waals surface area contributed by atoms with E-state index in [9.17, 15) is 0 Å². The van der Waals surface area contributed by atoms with Crippen LogP contribution in [-0.4, -0.2) is 75.8 Å². The average Bonchev–Trinajstić information content (AvgIpc) is 3.44. The summed E-state index contributed by atoms with van der Waals surface area (Å²) in [6.07, 6.45) is 11.9. The fourth-order valence-corrected chi connectivity index (χ4v) is 5.78. The van der Waals surface area contributed by atoms with Crippen LogP contribution in [0.15, 0.2) is 30.6 Å². The molecule has 5 heterocycles. The molecule has 0 radical (unpaired) electrons. The van der Waals surface area contributed by atoms with E-state index in [4.69, 9.17) is 24.5 Å². The monoisotopic (exact) mass is 609 g/mol. The third-order valence-electron chi connectivity index (χ3n) is 8.45. The number of nitrogens with zero attached hydrogens (tertiary/aromatic N) is 5. The Balaban J connectivity index is 0.00000141. The minimum atomic E-state index is -0.483. The van der Waals surface area contributed by atoms with Crippen molar-refractivity contribution in [1.29, 1.82) is 0 Å². The zero-order valence-corrected chi connectivity index (χ0v) is 27.9. The minimum Gasteiger partial charge on any atom is -0.397 e. The quantitative estimate of drug-likeness (QED) is 0.246. The van der Waals surface area contributed by atoms with Crippen molar-refractivity contribution in [2.75, 3.05) is 49.6 Å². The van der Waals surface area contributed by atoms with Gasteiger partial charge in [0.2, 0.25) is 0 Å². The van der Waals surface area contributed by atoms with Crippen LogP contribution in [0.25, 0.3) is 5.65 Å². The van der Waals surface area contributed by atoms with E-state index in [1.165, 1.54) is 24.8 Å². The zero-order valence-electron chi connectivity index (χ0n) is 27.9. The van der Waals surface area contributed by atoms with Gasteiger partial charge >= 0.3 is 0 Å². The number of aliphatic hydroxyl groups is 1. The number of aliphatic hydroxyl groups excluding tert-OH is 1. The molecule has 0 amide bonds. The number of piperidine rings is 2. The summed E-state index contributed by atoms with van der Waals surface area (Å²) in [6, 6.07) is 6.35. The molecule has 0 atom stereocenters. The zero-order chi connectivity index (χ0) is 31.6. The van der Waals surface area contributed by atoms with Crippen LogP contribution in [-0.2, 0) is 28.0 Å². The SMILES string of the molecule is CCO.CCc1cnn2c(NCc3ccc(C(C)(C)OCCC(C)(C)OC4CCNCC4)nc3)cc(N3CCCCC3)nc12. The van der Waals surface area contributed by atoms with Crippen LogP contribution in [0.2, 0.25) is 0 Å². The Morgan fingerprint density at radius 1 is 1.05 bits per heavy atom. The molecule has 0 aliphatic carbocycles. The molecule has 5 rings (SSSR count). The summed E-state index contributed by atoms with van der Waals surface area (Å²) in [5.74, 6) is 1.99. The van der Waals surface area contributed by atoms with E-state index in [0.29, 0.717) is 19.3 Å². The Bertz CT molecular complexity index is 1280. The van der Waals surface area contributed by atoms with Crippen LogP contribution in [0, 0.1) is 0 Å². The molecule has 2 fully saturated rings. The lowest BCUT2D eigenvalue weighted by atomic mass is 10.0. The molecule has 2 aliphatic rings. The summed E-state index contributed by atoms with van der Waals surface area (Å²) < 4.78 is 14.7. The van der Waals surface area contributed by atoms with Gasteiger partial charge in [0, 0.05) is 44.1 Å². The number of nitrogens with one attached hydrogen (secondary N) is 2. The predicted octanol–water partition coefficient (Wildman–Crippen LogP) is 5.48. The van der Waals surface area contributed by atoms with Crippen LogP contribution < -0.4 is 15.5 Å². The molecule has 2 saturated heterocycles. The number of fused-ring (bicyclic) bond motifs is 1. The molecule has 0 aromatic carbocycles. The van der Waals surface area contributed by atoms with Gasteiger partial charge in [-0.2, -0.15) is 9.61 Å². The second-order valence-electron chi connectivity index (χ2n) is 13.0. The number of ether oxygens (including phenoxy) is 2. The summed E-state index contributed by atoms with van der Waals surface area (Å²) in [6.45, 7) is 18.1. The standard InChI is InChI=1S/C32H49N7O2.C2H6O/c1-6-25-23-36-39-28(20-29(37-30(25)39)38-17-8-7-9-18-38)35-22-24-10-11-27(34-21-24)32(4,5)40-19-14-31(2,3)41-26-12-15-33-16-13-26;1-2-3/h10-11,20-21,23,26,33,35H,6-9,12-19,22H2,1-5H3;3H,2H2,1H3. The van der Waals surface area contributed by atoms with Gasteiger partial charge in [-0.3, -0.25) is 4.98 Å². The molecule has 2 aliphatic heterocycles. The summed E-state index contributed by atoms with van der Waals surface area (Å²) in [5.41, 5.74) is 3.45. The fourth-order valence-electron chi connectivity index (χ4n) is 5.78. The highest BCUT2D eigenvalue weighted by molar-refractivity contribution is 5.61. The van der Waals surface area contributed by atoms with Crippen molar-refractivity contribution in [3.8, 4) is 0 Å². The third-order valence-corrected chi connectivity index (χ3v) is 8.45. The van der Waals surface area contributed by atoms with E-state index in [0.717, 1.165) is 80.4 Å². The van der Waals surface area contributed by atoms with Gasteiger partial charge < -0.3 is 30.1 Å². The van der Waals surface area contributed by atoms with Gasteiger partial charge in [0.15, 0.2) is 5.65 Å². The minimum absolute atomic E-state index is 0.209. The molecule has 10 heteroatoms. The molecule has 3 aromatic heterocycles. The number of rotatable bonds is 12. The Morgan fingerprint density at radius 2 is 1.77 bits per heavy atom. The Kier molecular flexibility index (Phi) is 12.4. The van der Waals surface area contributed by atoms with E-state index in [2.05, 4.69) is 73.4 Å². The maximum Gasteiger partial charge on any atom is 0.162 e. The second kappa shape index (κ2) is 16.0. The molecule has 0 saturated carbocycles. The van der Waals surface area contributed by atoms with Crippen LogP contribution >= 0.6 is 0 Å². The van der Waals surface area contributed by atoms with Crippen LogP contribution in [0.3, 0.4) is 0 Å². The number of hydrogen-bond acceptors (Lipinski definition) is 9. The lowest BCUT2D eigenvalue weighted by Gasteiger charge is -2.34. The van der Waals surface area contributed by atoms with E-state index in [-0.39, 0.29) is 12.2 Å². The van der Waals surface area contributed by atoms with E-state index < -0.39 is 5.60 Å². The molecule has 44 heavy (non-hydrogen) atoms. The number of aromatic nitrogens is 4. The molecular weight excluding hydrogens is 554 g/mol.